The number of para-hydroxylation sites is 1. The van der Waals surface area contributed by atoms with Crippen molar-refractivity contribution in [2.75, 3.05) is 6.54 Å². The minimum Gasteiger partial charge on any atom is -0.507 e. The fourth-order valence-electron chi connectivity index (χ4n) is 1.41. The highest BCUT2D eigenvalue weighted by atomic mass is 16.3. The van der Waals surface area contributed by atoms with Gasteiger partial charge in [-0.2, -0.15) is 0 Å². The van der Waals surface area contributed by atoms with E-state index in [1.165, 1.54) is 12.1 Å². The molecule has 0 aliphatic heterocycles. The van der Waals surface area contributed by atoms with Crippen LogP contribution < -0.4 is 10.6 Å². The van der Waals surface area contributed by atoms with Crippen LogP contribution in [0.1, 0.15) is 30.6 Å². The van der Waals surface area contributed by atoms with Crippen LogP contribution in [0.15, 0.2) is 24.3 Å². The van der Waals surface area contributed by atoms with Gasteiger partial charge in [-0.15, -0.1) is 0 Å². The first kappa shape index (κ1) is 14.0. The number of phenols is 1. The molecule has 5 heteroatoms. The highest BCUT2D eigenvalue weighted by molar-refractivity contribution is 5.99. The van der Waals surface area contributed by atoms with Crippen molar-refractivity contribution in [3.05, 3.63) is 29.8 Å². The predicted molar refractivity (Wildman–Crippen MR) is 68.3 cm³/mol. The monoisotopic (exact) mass is 250 g/mol. The molecule has 1 aromatic carbocycles. The Hall–Kier alpha value is -2.04. The van der Waals surface area contributed by atoms with Crippen LogP contribution in [0, 0.1) is 0 Å². The van der Waals surface area contributed by atoms with Crippen molar-refractivity contribution in [3.8, 4) is 5.75 Å². The molecule has 0 heterocycles. The molecule has 1 atom stereocenters. The first-order valence-corrected chi connectivity index (χ1v) is 5.92. The van der Waals surface area contributed by atoms with E-state index < -0.39 is 11.9 Å². The summed E-state index contributed by atoms with van der Waals surface area (Å²) in [6.07, 6.45) is 0.839. The lowest BCUT2D eigenvalue weighted by atomic mass is 10.1. The second kappa shape index (κ2) is 6.64. The molecule has 0 aromatic heterocycles. The maximum Gasteiger partial charge on any atom is 0.255 e. The van der Waals surface area contributed by atoms with Crippen molar-refractivity contribution in [1.82, 2.24) is 10.6 Å². The molecular formula is C13H18N2O3. The molecule has 1 rings (SSSR count). The minimum atomic E-state index is -0.636. The van der Waals surface area contributed by atoms with Crippen molar-refractivity contribution in [2.24, 2.45) is 0 Å². The largest absolute Gasteiger partial charge is 0.507 e. The number of hydrogen-bond donors (Lipinski definition) is 3. The average Bonchev–Trinajstić information content (AvgIpc) is 2.36. The zero-order valence-electron chi connectivity index (χ0n) is 10.6. The molecule has 0 radical (unpaired) electrons. The zero-order chi connectivity index (χ0) is 13.5. The SMILES string of the molecule is CCCNC(=O)C(C)NC(=O)c1ccccc1O. The Labute approximate surface area is 106 Å². The predicted octanol–water partition coefficient (Wildman–Crippen LogP) is 1.04. The topological polar surface area (TPSA) is 78.4 Å². The van der Waals surface area contributed by atoms with E-state index in [0.717, 1.165) is 6.42 Å². The van der Waals surface area contributed by atoms with Crippen molar-refractivity contribution < 1.29 is 14.7 Å². The normalized spacial score (nSPS) is 11.7. The molecule has 5 nitrogen and oxygen atoms in total. The number of carbonyl (C=O) groups is 2. The fraction of sp³-hybridized carbons (Fsp3) is 0.385. The number of rotatable bonds is 5. The lowest BCUT2D eigenvalue weighted by molar-refractivity contribution is -0.122. The molecule has 0 bridgehead atoms. The second-order valence-corrected chi connectivity index (χ2v) is 4.00. The molecule has 0 aliphatic carbocycles. The molecule has 1 aromatic rings. The maximum atomic E-state index is 11.8. The van der Waals surface area contributed by atoms with E-state index >= 15 is 0 Å². The number of aromatic hydroxyl groups is 1. The standard InChI is InChI=1S/C13H18N2O3/c1-3-8-14-12(17)9(2)15-13(18)10-6-4-5-7-11(10)16/h4-7,9,16H,3,8H2,1-2H3,(H,14,17)(H,15,18). The zero-order valence-corrected chi connectivity index (χ0v) is 10.6. The lowest BCUT2D eigenvalue weighted by Crippen LogP contribution is -2.45. The third kappa shape index (κ3) is 3.76. The van der Waals surface area contributed by atoms with Crippen LogP contribution in [-0.4, -0.2) is 29.5 Å². The van der Waals surface area contributed by atoms with Crippen LogP contribution in [0.3, 0.4) is 0 Å². The molecule has 0 saturated heterocycles. The highest BCUT2D eigenvalue weighted by Gasteiger charge is 2.17. The van der Waals surface area contributed by atoms with E-state index in [4.69, 9.17) is 0 Å². The Morgan fingerprint density at radius 1 is 1.33 bits per heavy atom. The second-order valence-electron chi connectivity index (χ2n) is 4.00. The Kier molecular flexibility index (Phi) is 5.17. The molecule has 0 spiro atoms. The van der Waals surface area contributed by atoms with E-state index in [0.29, 0.717) is 6.54 Å². The van der Waals surface area contributed by atoms with E-state index in [1.54, 1.807) is 19.1 Å². The van der Waals surface area contributed by atoms with Crippen LogP contribution >= 0.6 is 0 Å². The number of nitrogens with one attached hydrogen (secondary N) is 2. The summed E-state index contributed by atoms with van der Waals surface area (Å²) in [5, 5.41) is 14.7. The Morgan fingerprint density at radius 3 is 2.61 bits per heavy atom. The first-order chi connectivity index (χ1) is 8.56. The average molecular weight is 250 g/mol. The summed E-state index contributed by atoms with van der Waals surface area (Å²) in [6.45, 7) is 4.13. The first-order valence-electron chi connectivity index (χ1n) is 5.92. The molecule has 3 N–H and O–H groups in total. The quantitative estimate of drug-likeness (QED) is 0.730. The minimum absolute atomic E-state index is 0.101. The van der Waals surface area contributed by atoms with Gasteiger partial charge in [-0.3, -0.25) is 9.59 Å². The molecule has 0 aliphatic rings. The van der Waals surface area contributed by atoms with Crippen LogP contribution in [0.5, 0.6) is 5.75 Å². The Morgan fingerprint density at radius 2 is 2.00 bits per heavy atom. The summed E-state index contributed by atoms with van der Waals surface area (Å²) in [5.74, 6) is -0.802. The van der Waals surface area contributed by atoms with Gasteiger partial charge in [-0.05, 0) is 25.5 Å². The van der Waals surface area contributed by atoms with Gasteiger partial charge in [0.05, 0.1) is 5.56 Å². The molecule has 1 unspecified atom stereocenters. The van der Waals surface area contributed by atoms with Gasteiger partial charge in [0.25, 0.3) is 5.91 Å². The summed E-state index contributed by atoms with van der Waals surface area (Å²) in [5.41, 5.74) is 0.160. The third-order valence-electron chi connectivity index (χ3n) is 2.44. The number of amides is 2. The van der Waals surface area contributed by atoms with Gasteiger partial charge in [0, 0.05) is 6.54 Å². The molecule has 18 heavy (non-hydrogen) atoms. The number of benzene rings is 1. The van der Waals surface area contributed by atoms with E-state index in [2.05, 4.69) is 10.6 Å². The van der Waals surface area contributed by atoms with E-state index in [1.807, 2.05) is 6.92 Å². The van der Waals surface area contributed by atoms with Crippen molar-refractivity contribution in [3.63, 3.8) is 0 Å². The van der Waals surface area contributed by atoms with Crippen LogP contribution in [0.2, 0.25) is 0 Å². The Balaban J connectivity index is 2.60. The molecule has 98 valence electrons. The molecule has 0 saturated carbocycles. The summed E-state index contributed by atoms with van der Waals surface area (Å²) in [4.78, 5) is 23.4. The van der Waals surface area contributed by atoms with E-state index in [9.17, 15) is 14.7 Å². The van der Waals surface area contributed by atoms with Gasteiger partial charge >= 0.3 is 0 Å². The smallest absolute Gasteiger partial charge is 0.255 e. The summed E-state index contributed by atoms with van der Waals surface area (Å²) in [7, 11) is 0. The van der Waals surface area contributed by atoms with Crippen LogP contribution in [0.25, 0.3) is 0 Å². The maximum absolute atomic E-state index is 11.8. The number of carbonyl (C=O) groups excluding carboxylic acids is 2. The van der Waals surface area contributed by atoms with Gasteiger partial charge < -0.3 is 15.7 Å². The van der Waals surface area contributed by atoms with Gasteiger partial charge in [-0.1, -0.05) is 19.1 Å². The highest BCUT2D eigenvalue weighted by Crippen LogP contribution is 2.15. The van der Waals surface area contributed by atoms with Gasteiger partial charge in [-0.25, -0.2) is 0 Å². The number of phenolic OH excluding ortho intramolecular Hbond substituents is 1. The third-order valence-corrected chi connectivity index (χ3v) is 2.44. The van der Waals surface area contributed by atoms with Gasteiger partial charge in [0.1, 0.15) is 11.8 Å². The van der Waals surface area contributed by atoms with Crippen molar-refractivity contribution in [2.45, 2.75) is 26.3 Å². The summed E-state index contributed by atoms with van der Waals surface area (Å²) in [6, 6.07) is 5.57. The van der Waals surface area contributed by atoms with Crippen LogP contribution in [-0.2, 0) is 4.79 Å². The fourth-order valence-corrected chi connectivity index (χ4v) is 1.41. The lowest BCUT2D eigenvalue weighted by Gasteiger charge is -2.14. The Bertz CT molecular complexity index is 432. The molecule has 0 fully saturated rings. The van der Waals surface area contributed by atoms with Crippen molar-refractivity contribution in [1.29, 1.82) is 0 Å². The summed E-state index contributed by atoms with van der Waals surface area (Å²) >= 11 is 0. The van der Waals surface area contributed by atoms with Crippen LogP contribution in [0.4, 0.5) is 0 Å². The number of hydrogen-bond acceptors (Lipinski definition) is 3. The van der Waals surface area contributed by atoms with Crippen molar-refractivity contribution >= 4 is 11.8 Å². The molecular weight excluding hydrogens is 232 g/mol. The summed E-state index contributed by atoms with van der Waals surface area (Å²) < 4.78 is 0. The van der Waals surface area contributed by atoms with Gasteiger partial charge in [0.2, 0.25) is 5.91 Å². The van der Waals surface area contributed by atoms with E-state index in [-0.39, 0.29) is 17.2 Å². The molecule has 2 amide bonds. The van der Waals surface area contributed by atoms with Gasteiger partial charge in [0.15, 0.2) is 0 Å².